The Hall–Kier alpha value is -1.95. The highest BCUT2D eigenvalue weighted by molar-refractivity contribution is 5.96. The lowest BCUT2D eigenvalue weighted by Crippen LogP contribution is -2.34. The topological polar surface area (TPSA) is 66.7 Å². The van der Waals surface area contributed by atoms with Crippen LogP contribution in [-0.2, 0) is 0 Å². The zero-order chi connectivity index (χ0) is 14.7. The zero-order valence-corrected chi connectivity index (χ0v) is 11.8. The third-order valence-electron chi connectivity index (χ3n) is 3.74. The van der Waals surface area contributed by atoms with Gasteiger partial charge in [-0.3, -0.25) is 14.9 Å². The summed E-state index contributed by atoms with van der Waals surface area (Å²) in [5, 5.41) is 10.9. The van der Waals surface area contributed by atoms with E-state index >= 15 is 0 Å². The van der Waals surface area contributed by atoms with Crippen LogP contribution in [0.3, 0.4) is 0 Å². The van der Waals surface area contributed by atoms with Crippen LogP contribution in [0.4, 0.5) is 5.69 Å². The Morgan fingerprint density at radius 1 is 1.25 bits per heavy atom. The van der Waals surface area contributed by atoms with E-state index < -0.39 is 4.92 Å². The van der Waals surface area contributed by atoms with Crippen molar-refractivity contribution in [2.75, 3.05) is 33.2 Å². The number of nitro groups is 1. The molecule has 2 rings (SSSR count). The van der Waals surface area contributed by atoms with Crippen molar-refractivity contribution < 1.29 is 9.72 Å². The fourth-order valence-electron chi connectivity index (χ4n) is 2.47. The Bertz CT molecular complexity index is 530. The van der Waals surface area contributed by atoms with Crippen molar-refractivity contribution in [1.82, 2.24) is 9.80 Å². The maximum Gasteiger partial charge on any atom is 0.273 e. The fraction of sp³-hybridized carbons (Fsp3) is 0.500. The first-order chi connectivity index (χ1) is 9.50. The third kappa shape index (κ3) is 2.96. The second-order valence-corrected chi connectivity index (χ2v) is 5.16. The number of carbonyl (C=O) groups excluding carboxylic acids is 1. The quantitative estimate of drug-likeness (QED) is 0.609. The minimum Gasteiger partial charge on any atom is -0.337 e. The molecule has 0 bridgehead atoms. The van der Waals surface area contributed by atoms with Gasteiger partial charge in [-0.25, -0.2) is 0 Å². The van der Waals surface area contributed by atoms with E-state index in [1.165, 1.54) is 6.07 Å². The van der Waals surface area contributed by atoms with Crippen LogP contribution < -0.4 is 0 Å². The molecule has 1 heterocycles. The molecule has 108 valence electrons. The highest BCUT2D eigenvalue weighted by Crippen LogP contribution is 2.22. The maximum absolute atomic E-state index is 12.5. The van der Waals surface area contributed by atoms with Gasteiger partial charge in [0.2, 0.25) is 0 Å². The molecular formula is C14H19N3O3. The molecule has 1 aromatic rings. The van der Waals surface area contributed by atoms with E-state index in [4.69, 9.17) is 0 Å². The summed E-state index contributed by atoms with van der Waals surface area (Å²) in [6.07, 6.45) is 0.927. The highest BCUT2D eigenvalue weighted by atomic mass is 16.6. The summed E-state index contributed by atoms with van der Waals surface area (Å²) in [4.78, 5) is 27.0. The molecule has 0 aliphatic carbocycles. The monoisotopic (exact) mass is 277 g/mol. The lowest BCUT2D eigenvalue weighted by Gasteiger charge is -2.21. The number of amides is 1. The van der Waals surface area contributed by atoms with Crippen molar-refractivity contribution in [1.29, 1.82) is 0 Å². The SMILES string of the molecule is Cc1c(C(=O)N2CCCN(C)CC2)cccc1[N+](=O)[O-]. The normalized spacial score (nSPS) is 16.8. The highest BCUT2D eigenvalue weighted by Gasteiger charge is 2.23. The summed E-state index contributed by atoms with van der Waals surface area (Å²) < 4.78 is 0. The van der Waals surface area contributed by atoms with Crippen molar-refractivity contribution in [3.8, 4) is 0 Å². The van der Waals surface area contributed by atoms with Crippen molar-refractivity contribution >= 4 is 11.6 Å². The number of rotatable bonds is 2. The van der Waals surface area contributed by atoms with Gasteiger partial charge in [0.15, 0.2) is 0 Å². The number of carbonyl (C=O) groups is 1. The molecule has 0 unspecified atom stereocenters. The molecular weight excluding hydrogens is 258 g/mol. The molecule has 0 atom stereocenters. The predicted molar refractivity (Wildman–Crippen MR) is 75.9 cm³/mol. The minimum absolute atomic E-state index is 0.00258. The summed E-state index contributed by atoms with van der Waals surface area (Å²) in [5.74, 6) is -0.110. The van der Waals surface area contributed by atoms with Crippen LogP contribution in [0.15, 0.2) is 18.2 Å². The van der Waals surface area contributed by atoms with Gasteiger partial charge in [0.1, 0.15) is 0 Å². The second-order valence-electron chi connectivity index (χ2n) is 5.16. The molecule has 1 aromatic carbocycles. The Balaban J connectivity index is 2.25. The van der Waals surface area contributed by atoms with E-state index in [9.17, 15) is 14.9 Å². The van der Waals surface area contributed by atoms with Gasteiger partial charge in [-0.1, -0.05) is 6.07 Å². The van der Waals surface area contributed by atoms with Gasteiger partial charge in [-0.15, -0.1) is 0 Å². The van der Waals surface area contributed by atoms with Crippen molar-refractivity contribution in [3.63, 3.8) is 0 Å². The maximum atomic E-state index is 12.5. The minimum atomic E-state index is -0.442. The van der Waals surface area contributed by atoms with Gasteiger partial charge in [0, 0.05) is 36.8 Å². The molecule has 6 heteroatoms. The molecule has 0 N–H and O–H groups in total. The first-order valence-corrected chi connectivity index (χ1v) is 6.72. The fourth-order valence-corrected chi connectivity index (χ4v) is 2.47. The molecule has 0 aromatic heterocycles. The number of hydrogen-bond donors (Lipinski definition) is 0. The van der Waals surface area contributed by atoms with Gasteiger partial charge in [0.05, 0.1) is 4.92 Å². The number of benzene rings is 1. The Kier molecular flexibility index (Phi) is 4.34. The van der Waals surface area contributed by atoms with E-state index in [1.807, 2.05) is 7.05 Å². The van der Waals surface area contributed by atoms with Crippen molar-refractivity contribution in [3.05, 3.63) is 39.4 Å². The molecule has 6 nitrogen and oxygen atoms in total. The number of nitrogens with zero attached hydrogens (tertiary/aromatic N) is 3. The van der Waals surface area contributed by atoms with Gasteiger partial charge in [-0.05, 0) is 33.0 Å². The van der Waals surface area contributed by atoms with Crippen LogP contribution >= 0.6 is 0 Å². The first-order valence-electron chi connectivity index (χ1n) is 6.72. The van der Waals surface area contributed by atoms with E-state index in [1.54, 1.807) is 24.0 Å². The van der Waals surface area contributed by atoms with Crippen LogP contribution in [0.2, 0.25) is 0 Å². The molecule has 1 saturated heterocycles. The average molecular weight is 277 g/mol. The van der Waals surface area contributed by atoms with Gasteiger partial charge in [0.25, 0.3) is 11.6 Å². The van der Waals surface area contributed by atoms with Crippen LogP contribution in [-0.4, -0.2) is 53.9 Å². The van der Waals surface area contributed by atoms with E-state index in [0.717, 1.165) is 19.5 Å². The number of nitro benzene ring substituents is 1. The summed E-state index contributed by atoms with van der Waals surface area (Å²) in [6, 6.07) is 4.67. The first kappa shape index (κ1) is 14.5. The van der Waals surface area contributed by atoms with E-state index in [-0.39, 0.29) is 11.6 Å². The number of hydrogen-bond acceptors (Lipinski definition) is 4. The average Bonchev–Trinajstić information content (AvgIpc) is 2.63. The van der Waals surface area contributed by atoms with E-state index in [2.05, 4.69) is 4.90 Å². The lowest BCUT2D eigenvalue weighted by atomic mass is 10.1. The standard InChI is InChI=1S/C14H19N3O3/c1-11-12(5-3-6-13(11)17(19)20)14(18)16-8-4-7-15(2)9-10-16/h3,5-6H,4,7-10H2,1-2H3. The van der Waals surface area contributed by atoms with Crippen LogP contribution in [0.5, 0.6) is 0 Å². The summed E-state index contributed by atoms with van der Waals surface area (Å²) in [5.41, 5.74) is 0.881. The summed E-state index contributed by atoms with van der Waals surface area (Å²) in [7, 11) is 2.03. The molecule has 1 amide bonds. The summed E-state index contributed by atoms with van der Waals surface area (Å²) in [6.45, 7) is 4.80. The zero-order valence-electron chi connectivity index (χ0n) is 11.8. The van der Waals surface area contributed by atoms with Crippen LogP contribution in [0.1, 0.15) is 22.3 Å². The van der Waals surface area contributed by atoms with Crippen molar-refractivity contribution in [2.45, 2.75) is 13.3 Å². The predicted octanol–water partition coefficient (Wildman–Crippen LogP) is 1.68. The Labute approximate surface area is 118 Å². The molecule has 0 saturated carbocycles. The Morgan fingerprint density at radius 2 is 2.00 bits per heavy atom. The molecule has 0 spiro atoms. The smallest absolute Gasteiger partial charge is 0.273 e. The van der Waals surface area contributed by atoms with Crippen molar-refractivity contribution in [2.24, 2.45) is 0 Å². The molecule has 0 radical (unpaired) electrons. The largest absolute Gasteiger partial charge is 0.337 e. The van der Waals surface area contributed by atoms with Gasteiger partial charge < -0.3 is 9.80 Å². The van der Waals surface area contributed by atoms with E-state index in [0.29, 0.717) is 24.2 Å². The third-order valence-corrected chi connectivity index (χ3v) is 3.74. The summed E-state index contributed by atoms with van der Waals surface area (Å²) >= 11 is 0. The molecule has 20 heavy (non-hydrogen) atoms. The number of likely N-dealkylation sites (N-methyl/N-ethyl adjacent to an activating group) is 1. The second kappa shape index (κ2) is 6.00. The lowest BCUT2D eigenvalue weighted by molar-refractivity contribution is -0.385. The Morgan fingerprint density at radius 3 is 2.70 bits per heavy atom. The van der Waals surface area contributed by atoms with Gasteiger partial charge >= 0.3 is 0 Å². The molecule has 1 aliphatic heterocycles. The van der Waals surface area contributed by atoms with Crippen LogP contribution in [0, 0.1) is 17.0 Å². The van der Waals surface area contributed by atoms with Crippen LogP contribution in [0.25, 0.3) is 0 Å². The molecule has 1 aliphatic rings. The molecule has 1 fully saturated rings. The van der Waals surface area contributed by atoms with Gasteiger partial charge in [-0.2, -0.15) is 0 Å².